The maximum atomic E-state index is 11.9. The number of pyridine rings is 1. The maximum Gasteiger partial charge on any atom is 0.433 e. The minimum absolute atomic E-state index is 0.562. The molecule has 0 unspecified atom stereocenters. The highest BCUT2D eigenvalue weighted by molar-refractivity contribution is 5.16. The van der Waals surface area contributed by atoms with Gasteiger partial charge >= 0.3 is 6.18 Å². The molecule has 0 aliphatic heterocycles. The molecule has 1 rings (SSSR count). The molecule has 0 aliphatic carbocycles. The summed E-state index contributed by atoms with van der Waals surface area (Å²) < 4.78 is 35.7. The van der Waals surface area contributed by atoms with Gasteiger partial charge in [-0.2, -0.15) is 13.2 Å². The zero-order valence-electron chi connectivity index (χ0n) is 9.81. The van der Waals surface area contributed by atoms with Gasteiger partial charge in [0.2, 0.25) is 0 Å². The predicted molar refractivity (Wildman–Crippen MR) is 56.7 cm³/mol. The zero-order valence-corrected chi connectivity index (χ0v) is 9.81. The van der Waals surface area contributed by atoms with Gasteiger partial charge in [-0.25, -0.2) is 0 Å². The van der Waals surface area contributed by atoms with E-state index >= 15 is 0 Å². The summed E-state index contributed by atoms with van der Waals surface area (Å²) in [6, 6.07) is 2.54. The Morgan fingerprint density at radius 2 is 1.53 bits per heavy atom. The Hall–Kier alpha value is -1.06. The molecule has 1 nitrogen and oxygen atoms in total. The largest absolute Gasteiger partial charge is 0.433 e. The molecular weight excluding hydrogens is 203 g/mol. The van der Waals surface area contributed by atoms with Crippen molar-refractivity contribution < 1.29 is 13.2 Å². The lowest BCUT2D eigenvalue weighted by molar-refractivity contribution is -0.141. The molecule has 0 radical (unpaired) electrons. The topological polar surface area (TPSA) is 12.9 Å². The van der Waals surface area contributed by atoms with Crippen LogP contribution < -0.4 is 0 Å². The zero-order chi connectivity index (χ0) is 12.5. The normalized spacial score (nSPS) is 9.33. The van der Waals surface area contributed by atoms with Gasteiger partial charge in [0, 0.05) is 6.20 Å². The summed E-state index contributed by atoms with van der Waals surface area (Å²) >= 11 is 0. The van der Waals surface area contributed by atoms with Crippen molar-refractivity contribution in [3.05, 3.63) is 29.6 Å². The fourth-order valence-corrected chi connectivity index (χ4v) is 0.691. The van der Waals surface area contributed by atoms with Crippen LogP contribution in [0.1, 0.15) is 39.0 Å². The van der Waals surface area contributed by atoms with E-state index in [-0.39, 0.29) is 0 Å². The van der Waals surface area contributed by atoms with E-state index in [1.54, 1.807) is 6.92 Å². The van der Waals surface area contributed by atoms with Crippen molar-refractivity contribution in [2.45, 2.75) is 40.8 Å². The summed E-state index contributed by atoms with van der Waals surface area (Å²) in [6.45, 7) is 9.59. The first-order valence-electron chi connectivity index (χ1n) is 5.00. The molecule has 0 atom stereocenters. The number of halogens is 3. The van der Waals surface area contributed by atoms with Crippen LogP contribution in [-0.4, -0.2) is 4.98 Å². The van der Waals surface area contributed by atoms with Crippen LogP contribution in [0, 0.1) is 6.92 Å². The van der Waals surface area contributed by atoms with E-state index in [0.717, 1.165) is 12.3 Å². The van der Waals surface area contributed by atoms with Crippen LogP contribution in [0.2, 0.25) is 0 Å². The average molecular weight is 221 g/mol. The van der Waals surface area contributed by atoms with Gasteiger partial charge in [0.05, 0.1) is 0 Å². The van der Waals surface area contributed by atoms with Crippen LogP contribution in [0.3, 0.4) is 0 Å². The Morgan fingerprint density at radius 3 is 1.80 bits per heavy atom. The van der Waals surface area contributed by atoms with Crippen molar-refractivity contribution in [3.8, 4) is 0 Å². The smallest absolute Gasteiger partial charge is 0.252 e. The molecule has 88 valence electrons. The summed E-state index contributed by atoms with van der Waals surface area (Å²) in [5, 5.41) is 0. The van der Waals surface area contributed by atoms with Gasteiger partial charge in [0.15, 0.2) is 0 Å². The fraction of sp³-hybridized carbons (Fsp3) is 0.545. The van der Waals surface area contributed by atoms with Gasteiger partial charge in [-0.15, -0.1) is 0 Å². The second-order valence-electron chi connectivity index (χ2n) is 2.22. The van der Waals surface area contributed by atoms with Gasteiger partial charge in [-0.05, 0) is 24.6 Å². The SMILES string of the molecule is CC.CC.Cc1ccnc(C(F)(F)F)c1. The Labute approximate surface area is 89.3 Å². The van der Waals surface area contributed by atoms with Crippen LogP contribution >= 0.6 is 0 Å². The molecule has 1 aromatic heterocycles. The lowest BCUT2D eigenvalue weighted by atomic mass is 10.2. The second kappa shape index (κ2) is 8.26. The molecule has 15 heavy (non-hydrogen) atoms. The highest BCUT2D eigenvalue weighted by Crippen LogP contribution is 2.27. The quantitative estimate of drug-likeness (QED) is 0.630. The van der Waals surface area contributed by atoms with Crippen molar-refractivity contribution in [2.75, 3.05) is 0 Å². The minimum Gasteiger partial charge on any atom is -0.252 e. The third kappa shape index (κ3) is 6.94. The molecule has 0 saturated heterocycles. The number of alkyl halides is 3. The van der Waals surface area contributed by atoms with E-state index < -0.39 is 11.9 Å². The minimum atomic E-state index is -4.33. The summed E-state index contributed by atoms with van der Waals surface area (Å²) in [7, 11) is 0. The molecule has 1 heterocycles. The van der Waals surface area contributed by atoms with E-state index in [9.17, 15) is 13.2 Å². The Bertz CT molecular complexity index is 256. The molecule has 0 fully saturated rings. The Morgan fingerprint density at radius 1 is 1.07 bits per heavy atom. The van der Waals surface area contributed by atoms with Gasteiger partial charge in [0.25, 0.3) is 0 Å². The van der Waals surface area contributed by atoms with Crippen molar-refractivity contribution >= 4 is 0 Å². The summed E-state index contributed by atoms with van der Waals surface area (Å²) in [6.07, 6.45) is -3.18. The van der Waals surface area contributed by atoms with Gasteiger partial charge in [-0.3, -0.25) is 4.98 Å². The van der Waals surface area contributed by atoms with Crippen LogP contribution in [0.25, 0.3) is 0 Å². The number of hydrogen-bond acceptors (Lipinski definition) is 1. The summed E-state index contributed by atoms with van der Waals surface area (Å²) in [4.78, 5) is 3.19. The Kier molecular flexibility index (Phi) is 9.02. The average Bonchev–Trinajstić information content (AvgIpc) is 2.23. The predicted octanol–water partition coefficient (Wildman–Crippen LogP) is 4.46. The molecule has 0 saturated carbocycles. The highest BCUT2D eigenvalue weighted by atomic mass is 19.4. The van der Waals surface area contributed by atoms with Gasteiger partial charge in [0.1, 0.15) is 5.69 Å². The fourth-order valence-electron chi connectivity index (χ4n) is 0.691. The van der Waals surface area contributed by atoms with E-state index in [1.807, 2.05) is 27.7 Å². The molecule has 4 heteroatoms. The monoisotopic (exact) mass is 221 g/mol. The van der Waals surface area contributed by atoms with E-state index in [4.69, 9.17) is 0 Å². The Balaban J connectivity index is 0. The lowest BCUT2D eigenvalue weighted by Gasteiger charge is -2.04. The standard InChI is InChI=1S/C7H6F3N.2C2H6/c1-5-2-3-11-6(4-5)7(8,9)10;2*1-2/h2-4H,1H3;2*1-2H3. The molecule has 0 aromatic carbocycles. The van der Waals surface area contributed by atoms with Crippen LogP contribution in [0.4, 0.5) is 13.2 Å². The first-order valence-corrected chi connectivity index (χ1v) is 5.00. The molecule has 0 N–H and O–H groups in total. The maximum absolute atomic E-state index is 11.9. The number of hydrogen-bond donors (Lipinski definition) is 0. The van der Waals surface area contributed by atoms with E-state index in [1.165, 1.54) is 6.07 Å². The molecule has 0 amide bonds. The first kappa shape index (κ1) is 16.4. The number of aromatic nitrogens is 1. The molecule has 0 bridgehead atoms. The van der Waals surface area contributed by atoms with Gasteiger partial charge < -0.3 is 0 Å². The third-order valence-electron chi connectivity index (χ3n) is 1.21. The van der Waals surface area contributed by atoms with Crippen molar-refractivity contribution in [1.29, 1.82) is 0 Å². The van der Waals surface area contributed by atoms with Crippen molar-refractivity contribution in [3.63, 3.8) is 0 Å². The second-order valence-corrected chi connectivity index (χ2v) is 2.22. The summed E-state index contributed by atoms with van der Waals surface area (Å²) in [5.41, 5.74) is -0.273. The van der Waals surface area contributed by atoms with E-state index in [0.29, 0.717) is 5.56 Å². The molecule has 0 spiro atoms. The number of rotatable bonds is 0. The third-order valence-corrected chi connectivity index (χ3v) is 1.21. The van der Waals surface area contributed by atoms with Crippen molar-refractivity contribution in [2.24, 2.45) is 0 Å². The molecule has 0 aliphatic rings. The highest BCUT2D eigenvalue weighted by Gasteiger charge is 2.31. The van der Waals surface area contributed by atoms with Crippen molar-refractivity contribution in [1.82, 2.24) is 4.98 Å². The molecule has 1 aromatic rings. The number of nitrogens with zero attached hydrogens (tertiary/aromatic N) is 1. The summed E-state index contributed by atoms with van der Waals surface area (Å²) in [5.74, 6) is 0. The molecular formula is C11H18F3N. The first-order chi connectivity index (χ1) is 7.00. The van der Waals surface area contributed by atoms with Crippen LogP contribution in [-0.2, 0) is 6.18 Å². The van der Waals surface area contributed by atoms with Gasteiger partial charge in [-0.1, -0.05) is 27.7 Å². The van der Waals surface area contributed by atoms with Crippen LogP contribution in [0.15, 0.2) is 18.3 Å². The van der Waals surface area contributed by atoms with Crippen LogP contribution in [0.5, 0.6) is 0 Å². The number of aryl methyl sites for hydroxylation is 1. The lowest BCUT2D eigenvalue weighted by Crippen LogP contribution is -2.07. The van der Waals surface area contributed by atoms with E-state index in [2.05, 4.69) is 4.98 Å².